The van der Waals surface area contributed by atoms with Crippen LogP contribution in [0.25, 0.3) is 11.1 Å². The molecule has 4 rings (SSSR count). The Labute approximate surface area is 202 Å². The minimum Gasteiger partial charge on any atom is -0.450 e. The highest BCUT2D eigenvalue weighted by Gasteiger charge is 2.23. The zero-order valence-electron chi connectivity index (χ0n) is 19.7. The maximum atomic E-state index is 12.9. The minimum atomic E-state index is -2.64. The van der Waals surface area contributed by atoms with Gasteiger partial charge in [0.15, 0.2) is 0 Å². The Hall–Kier alpha value is -3.69. The number of nitrogens with zero attached hydrogens (tertiary/aromatic N) is 4. The van der Waals surface area contributed by atoms with Crippen molar-refractivity contribution in [1.29, 1.82) is 0 Å². The summed E-state index contributed by atoms with van der Waals surface area (Å²) >= 11 is 0. The van der Waals surface area contributed by atoms with Crippen molar-refractivity contribution in [2.24, 2.45) is 5.92 Å². The molecule has 3 aromatic rings. The highest BCUT2D eigenvalue weighted by molar-refractivity contribution is 5.70. The lowest BCUT2D eigenvalue weighted by atomic mass is 9.80. The van der Waals surface area contributed by atoms with Gasteiger partial charge in [-0.15, -0.1) is 0 Å². The van der Waals surface area contributed by atoms with Crippen LogP contribution >= 0.6 is 0 Å². The zero-order chi connectivity index (χ0) is 25.4. The molecule has 186 valence electrons. The molecule has 1 aromatic carbocycles. The molecular formula is C25H29F2N5O3. The predicted octanol–water partition coefficient (Wildman–Crippen LogP) is 6.83. The van der Waals surface area contributed by atoms with Crippen LogP contribution in [-0.4, -0.2) is 36.3 Å². The highest BCUT2D eigenvalue weighted by Crippen LogP contribution is 2.34. The fraction of sp³-hybridized carbons (Fsp3) is 0.400. The number of halogens is 2. The monoisotopic (exact) mass is 485 g/mol. The van der Waals surface area contributed by atoms with E-state index in [2.05, 4.69) is 32.2 Å². The van der Waals surface area contributed by atoms with Crippen molar-refractivity contribution in [3.63, 3.8) is 0 Å². The summed E-state index contributed by atoms with van der Waals surface area (Å²) in [4.78, 5) is 25.8. The van der Waals surface area contributed by atoms with E-state index in [1.807, 2.05) is 37.5 Å². The standard InChI is InChI=1S/C24H27F2N5.CH2O3/c1-15-10-18(12-20(11-15)30-24-27-9-8-21(31-24)22(25)26)19-13-28-23(29-14-19)16(2)17-6-4-3-5-7-17;2-1(3)4/h8-14,16-17,22H,3-7H2,1-2H3,(H,27,30,31);(H2,2,3,4). The largest absolute Gasteiger partial charge is 0.503 e. The van der Waals surface area contributed by atoms with Crippen molar-refractivity contribution in [3.8, 4) is 11.1 Å². The Balaban J connectivity index is 0.000000795. The average Bonchev–Trinajstić information content (AvgIpc) is 2.84. The van der Waals surface area contributed by atoms with E-state index in [0.717, 1.165) is 28.2 Å². The van der Waals surface area contributed by atoms with Gasteiger partial charge >= 0.3 is 6.16 Å². The normalized spacial score (nSPS) is 14.7. The van der Waals surface area contributed by atoms with Gasteiger partial charge in [0.2, 0.25) is 5.95 Å². The summed E-state index contributed by atoms with van der Waals surface area (Å²) in [5, 5.41) is 17.0. The predicted molar refractivity (Wildman–Crippen MR) is 128 cm³/mol. The van der Waals surface area contributed by atoms with Gasteiger partial charge in [-0.1, -0.05) is 32.3 Å². The Bertz CT molecular complexity index is 1120. The summed E-state index contributed by atoms with van der Waals surface area (Å²) in [7, 11) is 0. The minimum absolute atomic E-state index is 0.141. The molecule has 1 fully saturated rings. The summed E-state index contributed by atoms with van der Waals surface area (Å²) < 4.78 is 25.8. The molecule has 0 aliphatic heterocycles. The third kappa shape index (κ3) is 7.66. The van der Waals surface area contributed by atoms with Crippen LogP contribution in [-0.2, 0) is 0 Å². The molecule has 1 unspecified atom stereocenters. The topological polar surface area (TPSA) is 121 Å². The molecule has 1 atom stereocenters. The number of anilines is 2. The first-order valence-electron chi connectivity index (χ1n) is 11.5. The van der Waals surface area contributed by atoms with E-state index in [1.54, 1.807) is 0 Å². The molecule has 1 aliphatic carbocycles. The average molecular weight is 486 g/mol. The van der Waals surface area contributed by atoms with Gasteiger partial charge in [0.05, 0.1) is 0 Å². The molecular weight excluding hydrogens is 456 g/mol. The second-order valence-electron chi connectivity index (χ2n) is 8.62. The van der Waals surface area contributed by atoms with Gasteiger partial charge in [0.25, 0.3) is 6.43 Å². The molecule has 8 nitrogen and oxygen atoms in total. The summed E-state index contributed by atoms with van der Waals surface area (Å²) in [5.41, 5.74) is 3.30. The van der Waals surface area contributed by atoms with Crippen LogP contribution in [0, 0.1) is 12.8 Å². The van der Waals surface area contributed by atoms with Gasteiger partial charge in [-0.3, -0.25) is 0 Å². The Morgan fingerprint density at radius 2 is 1.69 bits per heavy atom. The van der Waals surface area contributed by atoms with Gasteiger partial charge in [-0.2, -0.15) is 0 Å². The molecule has 10 heteroatoms. The third-order valence-corrected chi connectivity index (χ3v) is 6.00. The van der Waals surface area contributed by atoms with Crippen LogP contribution in [0.5, 0.6) is 0 Å². The quantitative estimate of drug-likeness (QED) is 0.347. The summed E-state index contributed by atoms with van der Waals surface area (Å²) in [6.07, 6.45) is 7.05. The van der Waals surface area contributed by atoms with Crippen LogP contribution in [0.15, 0.2) is 42.9 Å². The van der Waals surface area contributed by atoms with E-state index < -0.39 is 12.6 Å². The first kappa shape index (κ1) is 25.9. The number of hydrogen-bond donors (Lipinski definition) is 3. The number of aryl methyl sites for hydroxylation is 1. The first-order chi connectivity index (χ1) is 16.7. The highest BCUT2D eigenvalue weighted by atomic mass is 19.3. The first-order valence-corrected chi connectivity index (χ1v) is 11.5. The van der Waals surface area contributed by atoms with Crippen LogP contribution in [0.3, 0.4) is 0 Å². The summed E-state index contributed by atoms with van der Waals surface area (Å²) in [6.45, 7) is 4.21. The second-order valence-corrected chi connectivity index (χ2v) is 8.62. The second kappa shape index (κ2) is 12.1. The van der Waals surface area contributed by atoms with Crippen LogP contribution in [0.1, 0.15) is 68.5 Å². The molecule has 1 saturated carbocycles. The molecule has 0 radical (unpaired) electrons. The van der Waals surface area contributed by atoms with E-state index in [9.17, 15) is 8.78 Å². The Kier molecular flexibility index (Phi) is 8.99. The van der Waals surface area contributed by atoms with Crippen molar-refractivity contribution in [3.05, 3.63) is 59.9 Å². The number of benzene rings is 1. The lowest BCUT2D eigenvalue weighted by molar-refractivity contribution is 0.136. The number of nitrogens with one attached hydrogen (secondary N) is 1. The molecule has 0 spiro atoms. The van der Waals surface area contributed by atoms with E-state index in [-0.39, 0.29) is 11.6 Å². The number of carboxylic acid groups (broad SMARTS) is 2. The third-order valence-electron chi connectivity index (χ3n) is 6.00. The van der Waals surface area contributed by atoms with E-state index in [0.29, 0.717) is 11.8 Å². The SMILES string of the molecule is Cc1cc(Nc2nccc(C(F)F)n2)cc(-c2cnc(C(C)C3CCCCC3)nc2)c1.O=C(O)O. The molecule has 0 amide bonds. The number of alkyl halides is 2. The van der Waals surface area contributed by atoms with E-state index in [4.69, 9.17) is 15.0 Å². The number of rotatable bonds is 6. The van der Waals surface area contributed by atoms with Gasteiger partial charge in [-0.05, 0) is 55.0 Å². The van der Waals surface area contributed by atoms with E-state index in [1.165, 1.54) is 44.4 Å². The van der Waals surface area contributed by atoms with Gasteiger partial charge in [0.1, 0.15) is 11.5 Å². The van der Waals surface area contributed by atoms with Crippen molar-refractivity contribution in [2.45, 2.75) is 58.3 Å². The van der Waals surface area contributed by atoms with Crippen molar-refractivity contribution < 1.29 is 23.8 Å². The molecule has 0 bridgehead atoms. The lowest BCUT2D eigenvalue weighted by Gasteiger charge is -2.26. The molecule has 1 aliphatic rings. The van der Waals surface area contributed by atoms with Crippen LogP contribution in [0.4, 0.5) is 25.2 Å². The fourth-order valence-electron chi connectivity index (χ4n) is 4.27. The van der Waals surface area contributed by atoms with Crippen LogP contribution in [0.2, 0.25) is 0 Å². The molecule has 35 heavy (non-hydrogen) atoms. The smallest absolute Gasteiger partial charge is 0.450 e. The number of hydrogen-bond acceptors (Lipinski definition) is 6. The summed E-state index contributed by atoms with van der Waals surface area (Å²) in [6, 6.07) is 7.10. The maximum Gasteiger partial charge on any atom is 0.503 e. The Morgan fingerprint density at radius 1 is 1.03 bits per heavy atom. The van der Waals surface area contributed by atoms with Crippen molar-refractivity contribution in [1.82, 2.24) is 19.9 Å². The van der Waals surface area contributed by atoms with Crippen LogP contribution < -0.4 is 5.32 Å². The molecule has 0 saturated heterocycles. The van der Waals surface area contributed by atoms with E-state index >= 15 is 0 Å². The Morgan fingerprint density at radius 3 is 2.31 bits per heavy atom. The van der Waals surface area contributed by atoms with Gasteiger partial charge in [-0.25, -0.2) is 33.5 Å². The lowest BCUT2D eigenvalue weighted by Crippen LogP contribution is -2.16. The fourth-order valence-corrected chi connectivity index (χ4v) is 4.27. The maximum absolute atomic E-state index is 12.9. The molecule has 2 heterocycles. The summed E-state index contributed by atoms with van der Waals surface area (Å²) in [5.74, 6) is 2.07. The molecule has 3 N–H and O–H groups in total. The number of aromatic nitrogens is 4. The molecule has 2 aromatic heterocycles. The number of carbonyl (C=O) groups is 1. The van der Waals surface area contributed by atoms with Gasteiger partial charge < -0.3 is 15.5 Å². The zero-order valence-corrected chi connectivity index (χ0v) is 19.7. The van der Waals surface area contributed by atoms with Crippen molar-refractivity contribution >= 4 is 17.8 Å². The van der Waals surface area contributed by atoms with Crippen molar-refractivity contribution in [2.75, 3.05) is 5.32 Å². The van der Waals surface area contributed by atoms with Gasteiger partial charge in [0, 0.05) is 35.8 Å².